The highest BCUT2D eigenvalue weighted by molar-refractivity contribution is 5.75. The third-order valence-electron chi connectivity index (χ3n) is 3.17. The molecule has 0 radical (unpaired) electrons. The number of rotatable bonds is 5. The van der Waals surface area contributed by atoms with Gasteiger partial charge in [-0.25, -0.2) is 9.59 Å². The van der Waals surface area contributed by atoms with Crippen molar-refractivity contribution in [1.82, 2.24) is 0 Å². The molecular weight excluding hydrogens is 264 g/mol. The van der Waals surface area contributed by atoms with Crippen LogP contribution in [0.3, 0.4) is 0 Å². The molecule has 0 saturated carbocycles. The van der Waals surface area contributed by atoms with Crippen LogP contribution in [0, 0.1) is 0 Å². The minimum atomic E-state index is 0.563. The van der Waals surface area contributed by atoms with Crippen LogP contribution in [0.15, 0.2) is 52.4 Å². The second kappa shape index (κ2) is 7.11. The fourth-order valence-electron chi connectivity index (χ4n) is 2.28. The lowest BCUT2D eigenvalue weighted by Gasteiger charge is -2.11. The largest absolute Gasteiger partial charge is 0.240 e. The molecule has 4 nitrogen and oxygen atoms in total. The maximum absolute atomic E-state index is 10.6. The molecule has 0 amide bonds. The molecule has 0 aliphatic rings. The molecule has 0 heterocycles. The molecule has 0 atom stereocenters. The Morgan fingerprint density at radius 2 is 1.67 bits per heavy atom. The molecule has 0 spiro atoms. The predicted octanol–water partition coefficient (Wildman–Crippen LogP) is 4.24. The highest BCUT2D eigenvalue weighted by Crippen LogP contribution is 2.32. The maximum atomic E-state index is 10.6. The molecule has 0 bridgehead atoms. The summed E-state index contributed by atoms with van der Waals surface area (Å²) >= 11 is 0. The van der Waals surface area contributed by atoms with Crippen LogP contribution in [0.5, 0.6) is 0 Å². The Morgan fingerprint density at radius 1 is 0.952 bits per heavy atom. The van der Waals surface area contributed by atoms with Crippen LogP contribution in [0.2, 0.25) is 0 Å². The molecule has 0 aliphatic heterocycles. The van der Waals surface area contributed by atoms with Gasteiger partial charge in [0.2, 0.25) is 12.2 Å². The second-order valence-electron chi connectivity index (χ2n) is 4.51. The average Bonchev–Trinajstić information content (AvgIpc) is 2.51. The summed E-state index contributed by atoms with van der Waals surface area (Å²) in [4.78, 5) is 28.2. The van der Waals surface area contributed by atoms with Gasteiger partial charge in [-0.05, 0) is 41.3 Å². The number of benzene rings is 2. The maximum Gasteiger partial charge on any atom is 0.240 e. The van der Waals surface area contributed by atoms with E-state index in [4.69, 9.17) is 0 Å². The van der Waals surface area contributed by atoms with Crippen molar-refractivity contribution < 1.29 is 9.59 Å². The van der Waals surface area contributed by atoms with Crippen molar-refractivity contribution in [1.29, 1.82) is 0 Å². The first-order valence-electron chi connectivity index (χ1n) is 6.68. The fourth-order valence-corrected chi connectivity index (χ4v) is 2.28. The third kappa shape index (κ3) is 3.40. The molecule has 0 N–H and O–H groups in total. The lowest BCUT2D eigenvalue weighted by atomic mass is 9.95. The number of nitrogens with zero attached hydrogens (tertiary/aromatic N) is 2. The summed E-state index contributed by atoms with van der Waals surface area (Å²) in [6, 6.07) is 13.0. The number of carbonyl (C=O) groups excluding carboxylic acids is 2. The lowest BCUT2D eigenvalue weighted by Crippen LogP contribution is -1.90. The van der Waals surface area contributed by atoms with Crippen LogP contribution in [0.4, 0.5) is 11.4 Å². The predicted molar refractivity (Wildman–Crippen MR) is 81.4 cm³/mol. The van der Waals surface area contributed by atoms with Crippen LogP contribution in [0.1, 0.15) is 18.9 Å². The quantitative estimate of drug-likeness (QED) is 0.606. The highest BCUT2D eigenvalue weighted by atomic mass is 16.1. The summed E-state index contributed by atoms with van der Waals surface area (Å²) < 4.78 is 0. The zero-order valence-electron chi connectivity index (χ0n) is 11.7. The van der Waals surface area contributed by atoms with E-state index < -0.39 is 0 Å². The summed E-state index contributed by atoms with van der Waals surface area (Å²) in [5.41, 5.74) is 4.25. The highest BCUT2D eigenvalue weighted by Gasteiger charge is 2.09. The second-order valence-corrected chi connectivity index (χ2v) is 4.51. The molecule has 2 aromatic rings. The van der Waals surface area contributed by atoms with Gasteiger partial charge in [-0.3, -0.25) is 0 Å². The minimum Gasteiger partial charge on any atom is -0.211 e. The van der Waals surface area contributed by atoms with Crippen molar-refractivity contribution in [2.45, 2.75) is 19.8 Å². The van der Waals surface area contributed by atoms with Gasteiger partial charge in [0.1, 0.15) is 0 Å². The van der Waals surface area contributed by atoms with Crippen LogP contribution in [-0.4, -0.2) is 12.2 Å². The molecule has 21 heavy (non-hydrogen) atoms. The van der Waals surface area contributed by atoms with Crippen LogP contribution >= 0.6 is 0 Å². The van der Waals surface area contributed by atoms with Gasteiger partial charge >= 0.3 is 0 Å². The van der Waals surface area contributed by atoms with Gasteiger partial charge in [-0.2, -0.15) is 9.98 Å². The van der Waals surface area contributed by atoms with E-state index in [1.165, 1.54) is 6.08 Å². The van der Waals surface area contributed by atoms with Crippen molar-refractivity contribution >= 4 is 23.5 Å². The van der Waals surface area contributed by atoms with E-state index in [9.17, 15) is 9.59 Å². The Labute approximate surface area is 122 Å². The smallest absolute Gasteiger partial charge is 0.211 e. The van der Waals surface area contributed by atoms with Gasteiger partial charge in [0.25, 0.3) is 0 Å². The first-order chi connectivity index (χ1) is 10.3. The van der Waals surface area contributed by atoms with E-state index in [-0.39, 0.29) is 0 Å². The van der Waals surface area contributed by atoms with E-state index >= 15 is 0 Å². The summed E-state index contributed by atoms with van der Waals surface area (Å²) in [7, 11) is 0. The normalized spacial score (nSPS) is 9.57. The molecule has 0 aliphatic carbocycles. The average molecular weight is 278 g/mol. The van der Waals surface area contributed by atoms with Gasteiger partial charge < -0.3 is 0 Å². The molecule has 104 valence electrons. The summed E-state index contributed by atoms with van der Waals surface area (Å²) in [5.74, 6) is 0. The Balaban J connectivity index is 2.53. The van der Waals surface area contributed by atoms with E-state index in [2.05, 4.69) is 16.9 Å². The zero-order valence-corrected chi connectivity index (χ0v) is 11.7. The lowest BCUT2D eigenvalue weighted by molar-refractivity contribution is 0.564. The van der Waals surface area contributed by atoms with Gasteiger partial charge in [0, 0.05) is 0 Å². The van der Waals surface area contributed by atoms with E-state index in [0.29, 0.717) is 11.4 Å². The Kier molecular flexibility index (Phi) is 4.94. The van der Waals surface area contributed by atoms with E-state index in [0.717, 1.165) is 29.5 Å². The van der Waals surface area contributed by atoms with Crippen molar-refractivity contribution in [3.8, 4) is 11.1 Å². The monoisotopic (exact) mass is 278 g/mol. The Morgan fingerprint density at radius 3 is 2.29 bits per heavy atom. The Bertz CT molecular complexity index is 723. The number of isocyanates is 2. The van der Waals surface area contributed by atoms with E-state index in [1.54, 1.807) is 18.2 Å². The number of aliphatic imine (C=N–C) groups is 2. The van der Waals surface area contributed by atoms with Crippen LogP contribution in [0.25, 0.3) is 11.1 Å². The zero-order chi connectivity index (χ0) is 15.1. The fraction of sp³-hybridized carbons (Fsp3) is 0.176. The standard InChI is InChI=1S/C17H14N2O2/c1-2-4-16-15(5-3-6-17(16)19-12-21)13-7-9-14(10-8-13)18-11-20/h3,5-10H,2,4H2,1H3. The van der Waals surface area contributed by atoms with Crippen LogP contribution < -0.4 is 0 Å². The van der Waals surface area contributed by atoms with Crippen molar-refractivity contribution in [3.63, 3.8) is 0 Å². The van der Waals surface area contributed by atoms with Crippen molar-refractivity contribution in [2.75, 3.05) is 0 Å². The molecule has 2 aromatic carbocycles. The molecule has 0 unspecified atom stereocenters. The van der Waals surface area contributed by atoms with Crippen molar-refractivity contribution in [3.05, 3.63) is 48.0 Å². The first kappa shape index (κ1) is 14.6. The minimum absolute atomic E-state index is 0.563. The van der Waals surface area contributed by atoms with Gasteiger partial charge in [-0.15, -0.1) is 0 Å². The van der Waals surface area contributed by atoms with Gasteiger partial charge in [0.05, 0.1) is 11.4 Å². The molecule has 4 heteroatoms. The van der Waals surface area contributed by atoms with Crippen molar-refractivity contribution in [2.24, 2.45) is 9.98 Å². The summed E-state index contributed by atoms with van der Waals surface area (Å²) in [5, 5.41) is 0. The van der Waals surface area contributed by atoms with Gasteiger partial charge in [0.15, 0.2) is 0 Å². The molecular formula is C17H14N2O2. The summed E-state index contributed by atoms with van der Waals surface area (Å²) in [6.07, 6.45) is 4.90. The first-order valence-corrected chi connectivity index (χ1v) is 6.68. The third-order valence-corrected chi connectivity index (χ3v) is 3.17. The molecule has 0 saturated heterocycles. The van der Waals surface area contributed by atoms with Crippen LogP contribution in [-0.2, 0) is 16.0 Å². The molecule has 0 aromatic heterocycles. The van der Waals surface area contributed by atoms with E-state index in [1.807, 2.05) is 30.3 Å². The SMILES string of the molecule is CCCc1c(N=C=O)cccc1-c1ccc(N=C=O)cc1. The molecule has 0 fully saturated rings. The summed E-state index contributed by atoms with van der Waals surface area (Å²) in [6.45, 7) is 2.08. The number of hydrogen-bond acceptors (Lipinski definition) is 4. The molecule has 2 rings (SSSR count). The number of hydrogen-bond donors (Lipinski definition) is 0. The van der Waals surface area contributed by atoms with Gasteiger partial charge in [-0.1, -0.05) is 37.6 Å². The Hall–Kier alpha value is -2.80. The topological polar surface area (TPSA) is 58.9 Å².